The smallest absolute Gasteiger partial charge is 0.386 e. The minimum atomic E-state index is -5.64. The number of phosphoric acid groups is 6. The minimum absolute atomic E-state index is 0.00980. The molecule has 0 radical (unpaired) electrons. The zero-order valence-corrected chi connectivity index (χ0v) is 72.3. The zero-order chi connectivity index (χ0) is 89.6. The van der Waals surface area contributed by atoms with Crippen molar-refractivity contribution in [3.05, 3.63) is 60.7 Å². The minimum Gasteiger partial charge on any atom is -0.386 e. The summed E-state index contributed by atoms with van der Waals surface area (Å²) in [6, 6.07) is 8.55. The molecule has 2 aliphatic carbocycles. The molecule has 122 heavy (non-hydrogen) atoms. The molecule has 20 N–H and O–H groups in total. The van der Waals surface area contributed by atoms with E-state index in [9.17, 15) is 116 Å². The fraction of sp³-hybridized carbons (Fsp3) is 0.676. The number of phosphoric ester groups is 6. The maximum absolute atomic E-state index is 13.3. The average molecular weight is 1850 g/mol. The molecule has 4 aromatic heterocycles. The Morgan fingerprint density at radius 3 is 1.22 bits per heavy atom. The van der Waals surface area contributed by atoms with E-state index < -0.39 is 180 Å². The lowest BCUT2D eigenvalue weighted by Crippen LogP contribution is -2.46. The third-order valence-electron chi connectivity index (χ3n) is 21.1. The number of aliphatic hydroxyl groups excluding tert-OH is 4. The molecule has 14 unspecified atom stereocenters. The maximum atomic E-state index is 13.3. The van der Waals surface area contributed by atoms with Gasteiger partial charge in [-0.15, -0.1) is 0 Å². The third-order valence-corrected chi connectivity index (χ3v) is 27.3. The standard InChI is InChI=1S/C68H106N14O34P6/c1-65(2,35-109-121(103,104)115-119(99,100)107-33-43-53(113-117(93,94)95)51(87)63(111-43)81-39-79-49-57(69)75-37-77-59(49)81)55(89)61(91)73-30-20-47(85)71-28-18-45(83)67(24-25-67)22-11-7-5-9-14-41-16-13-17-42(32-41)15-10-6-8-12-23-68(26-27-68)46(84)19-29-72-48(86)21-31-74-62(92)56(90)66(3,4)36-110-122(105,106)116-120(101,102)108-34-44-54(114-118(96,97)98)52(88)64(112-44)82-40-80-50-58(70)76-38-78-60(50)82/h13,16-17,32,37-40,43-44,51-56,63-64,87-90H,5-12,14-15,18-31,33-36H2,1-4H3,(H,71,85)(H,72,86)(H,73,91)(H,74,92)(H,99,100)(H,101,102)(H,103,104)(H,105,106)(H2,69,75,77)(H2,70,76,78)(H2,93,94,95)(H2,96,97,98). The molecule has 54 heteroatoms. The molecule has 682 valence electrons. The van der Waals surface area contributed by atoms with Gasteiger partial charge in [-0.3, -0.25) is 65.0 Å². The van der Waals surface area contributed by atoms with Gasteiger partial charge in [0, 0.05) is 73.5 Å². The summed E-state index contributed by atoms with van der Waals surface area (Å²) >= 11 is 0. The Labute approximate surface area is 698 Å². The molecule has 5 aromatic rings. The predicted molar refractivity (Wildman–Crippen MR) is 422 cm³/mol. The van der Waals surface area contributed by atoms with E-state index in [0.717, 1.165) is 137 Å². The lowest BCUT2D eigenvalue weighted by Gasteiger charge is -2.30. The fourth-order valence-corrected chi connectivity index (χ4v) is 19.6. The van der Waals surface area contributed by atoms with Crippen LogP contribution in [-0.2, 0) is 114 Å². The Hall–Kier alpha value is -6.36. The summed E-state index contributed by atoms with van der Waals surface area (Å²) in [5.74, 6) is -2.98. The topological polar surface area (TPSA) is 727 Å². The first-order valence-electron chi connectivity index (χ1n) is 39.0. The number of ketones is 2. The first-order valence-corrected chi connectivity index (χ1v) is 48.0. The number of carbonyl (C=O) groups is 6. The number of aromatic nitrogens is 8. The summed E-state index contributed by atoms with van der Waals surface area (Å²) in [7, 11) is -33.2. The Balaban J connectivity index is 0.564. The van der Waals surface area contributed by atoms with Gasteiger partial charge in [-0.1, -0.05) is 90.5 Å². The quantitative estimate of drug-likeness (QED) is 0.0196. The van der Waals surface area contributed by atoms with Crippen molar-refractivity contribution in [2.75, 3.05) is 64.1 Å². The van der Waals surface area contributed by atoms with E-state index in [1.807, 2.05) is 0 Å². The summed E-state index contributed by atoms with van der Waals surface area (Å²) < 4.78 is 126. The number of fused-ring (bicyclic) bond motifs is 2. The molecule has 2 saturated carbocycles. The molecule has 4 fully saturated rings. The van der Waals surface area contributed by atoms with Crippen molar-refractivity contribution < 1.29 is 161 Å². The van der Waals surface area contributed by atoms with Gasteiger partial charge in [0.1, 0.15) is 84.1 Å². The van der Waals surface area contributed by atoms with Gasteiger partial charge in [-0.05, 0) is 75.3 Å². The van der Waals surface area contributed by atoms with Crippen LogP contribution in [0.25, 0.3) is 22.3 Å². The number of ether oxygens (including phenoxy) is 2. The molecule has 4 aliphatic rings. The normalized spacial score (nSPS) is 22.8. The molecule has 6 heterocycles. The fourth-order valence-electron chi connectivity index (χ4n) is 13.9. The summed E-state index contributed by atoms with van der Waals surface area (Å²) in [6.07, 6.45) is -0.0784. The van der Waals surface area contributed by atoms with E-state index in [2.05, 4.69) is 93.1 Å². The van der Waals surface area contributed by atoms with Crippen molar-refractivity contribution in [3.8, 4) is 0 Å². The first kappa shape index (κ1) is 99.4. The largest absolute Gasteiger partial charge is 0.481 e. The highest BCUT2D eigenvalue weighted by Crippen LogP contribution is 2.63. The lowest BCUT2D eigenvalue weighted by molar-refractivity contribution is -0.137. The number of amides is 4. The van der Waals surface area contributed by atoms with E-state index >= 15 is 0 Å². The number of aliphatic hydroxyl groups is 4. The van der Waals surface area contributed by atoms with Crippen LogP contribution < -0.4 is 32.7 Å². The first-order chi connectivity index (χ1) is 57.0. The molecular formula is C68H106N14O34P6. The number of nitrogen functional groups attached to an aromatic ring is 2. The van der Waals surface area contributed by atoms with Crippen LogP contribution in [-0.4, -0.2) is 235 Å². The van der Waals surface area contributed by atoms with E-state index in [-0.39, 0.29) is 97.4 Å². The summed E-state index contributed by atoms with van der Waals surface area (Å²) in [5.41, 5.74) is 10.1. The molecule has 0 spiro atoms. The number of nitrogens with one attached hydrogen (secondary N) is 4. The molecule has 9 rings (SSSR count). The van der Waals surface area contributed by atoms with Crippen LogP contribution in [0.15, 0.2) is 49.6 Å². The number of hydrogen-bond acceptors (Lipinski definition) is 34. The van der Waals surface area contributed by atoms with Crippen LogP contribution in [0.2, 0.25) is 0 Å². The predicted octanol–water partition coefficient (Wildman–Crippen LogP) is 2.99. The van der Waals surface area contributed by atoms with Gasteiger partial charge >= 0.3 is 46.9 Å². The number of carbonyl (C=O) groups excluding carboxylic acids is 6. The molecular weight excluding hydrogens is 1740 g/mol. The highest BCUT2D eigenvalue weighted by Gasteiger charge is 2.54. The second-order valence-electron chi connectivity index (χ2n) is 31.7. The number of rotatable bonds is 54. The Morgan fingerprint density at radius 1 is 0.508 bits per heavy atom. The number of anilines is 2. The number of aryl methyl sites for hydroxylation is 2. The Morgan fingerprint density at radius 2 is 0.861 bits per heavy atom. The van der Waals surface area contributed by atoms with E-state index in [0.29, 0.717) is 0 Å². The van der Waals surface area contributed by atoms with Crippen molar-refractivity contribution in [3.63, 3.8) is 0 Å². The second kappa shape index (κ2) is 42.0. The second-order valence-corrected chi connectivity index (χ2v) is 40.2. The zero-order valence-electron chi connectivity index (χ0n) is 67.0. The van der Waals surface area contributed by atoms with Gasteiger partial charge in [-0.25, -0.2) is 57.3 Å². The lowest BCUT2D eigenvalue weighted by atomic mass is 9.87. The van der Waals surface area contributed by atoms with E-state index in [1.54, 1.807) is 0 Å². The average Bonchev–Trinajstić information content (AvgIpc) is 1.57. The van der Waals surface area contributed by atoms with Crippen LogP contribution in [0.4, 0.5) is 11.6 Å². The highest BCUT2D eigenvalue weighted by atomic mass is 31.3. The third kappa shape index (κ3) is 28.8. The molecule has 1 aromatic carbocycles. The van der Waals surface area contributed by atoms with Crippen LogP contribution in [0.3, 0.4) is 0 Å². The van der Waals surface area contributed by atoms with E-state index in [1.165, 1.54) is 38.8 Å². The monoisotopic (exact) mass is 1850 g/mol. The van der Waals surface area contributed by atoms with Crippen LogP contribution in [0, 0.1) is 21.7 Å². The van der Waals surface area contributed by atoms with Crippen molar-refractivity contribution >= 4 is 116 Å². The number of nitrogens with zero attached hydrogens (tertiary/aromatic N) is 8. The number of nitrogens with two attached hydrogens (primary N) is 2. The van der Waals surface area contributed by atoms with Gasteiger partial charge in [0.05, 0.1) is 39.1 Å². The number of benzene rings is 1. The number of imidazole rings is 2. The highest BCUT2D eigenvalue weighted by molar-refractivity contribution is 7.61. The molecule has 4 amide bonds. The van der Waals surface area contributed by atoms with Gasteiger partial charge < -0.3 is 102 Å². The van der Waals surface area contributed by atoms with Crippen molar-refractivity contribution in [2.45, 2.75) is 217 Å². The number of unbranched alkanes of at least 4 members (excludes halogenated alkanes) is 6. The molecule has 2 aliphatic heterocycles. The van der Waals surface area contributed by atoms with Gasteiger partial charge in [-0.2, -0.15) is 8.62 Å². The van der Waals surface area contributed by atoms with Gasteiger partial charge in [0.15, 0.2) is 35.4 Å². The van der Waals surface area contributed by atoms with Crippen molar-refractivity contribution in [2.24, 2.45) is 21.7 Å². The van der Waals surface area contributed by atoms with E-state index in [4.69, 9.17) is 39.0 Å². The Bertz CT molecular complexity index is 4510. The van der Waals surface area contributed by atoms with Crippen molar-refractivity contribution in [1.29, 1.82) is 0 Å². The number of Topliss-reactive ketones (excluding diaryl/α,β-unsaturated/α-hetero) is 2. The molecule has 48 nitrogen and oxygen atoms in total. The molecule has 14 atom stereocenters. The van der Waals surface area contributed by atoms with Crippen LogP contribution in [0.5, 0.6) is 0 Å². The van der Waals surface area contributed by atoms with Crippen molar-refractivity contribution in [1.82, 2.24) is 60.3 Å². The summed E-state index contributed by atoms with van der Waals surface area (Å²) in [5, 5.41) is 53.7. The Kier molecular flexibility index (Phi) is 34.3. The van der Waals surface area contributed by atoms with Crippen LogP contribution in [0.1, 0.15) is 167 Å². The molecule has 0 bridgehead atoms. The van der Waals surface area contributed by atoms with Gasteiger partial charge in [0.2, 0.25) is 23.6 Å². The summed E-state index contributed by atoms with van der Waals surface area (Å²) in [4.78, 5) is 181. The van der Waals surface area contributed by atoms with Crippen LogP contribution >= 0.6 is 46.9 Å². The SMILES string of the molecule is CC(C)(COP(=O)(O)OP(=O)(O)OCC1OC(n2cnc3c(N)ncnc32)C(O)C1OP(=O)(O)O)C(O)C(=O)NCCC(=O)NCCC(=O)C1(CCCCCCc2cccc(CCCCCCC3(C(=O)CCNC(=O)CCNC(=O)C(O)C(C)(C)COP(=O)(O)OP(=O)(O)OCC4OC(n5cnc6c(N)ncnc65)C(O)C4OP(=O)(O)O)CC3)c2)CC1. The van der Waals surface area contributed by atoms with Gasteiger partial charge in [0.25, 0.3) is 0 Å². The molecule has 2 saturated heterocycles. The summed E-state index contributed by atoms with van der Waals surface area (Å²) in [6.45, 7) is 0.439. The number of hydrogen-bond donors (Lipinski definition) is 18. The maximum Gasteiger partial charge on any atom is 0.481 e.